The molecular formula is C11H12BrNO3. The zero-order valence-corrected chi connectivity index (χ0v) is 10.7. The minimum Gasteiger partial charge on any atom is -0.459 e. The number of rotatable bonds is 2. The van der Waals surface area contributed by atoms with Gasteiger partial charge in [-0.25, -0.2) is 4.79 Å². The standard InChI is InChI=1S/C11H12BrNO3/c1-3-16-11(15)10(14)13(2)9-7-5-4-6-8(9)12/h4-7H,3H2,1-2H3. The van der Waals surface area contributed by atoms with E-state index in [1.165, 1.54) is 11.9 Å². The average molecular weight is 286 g/mol. The number of carbonyl (C=O) groups is 2. The number of para-hydroxylation sites is 1. The third-order valence-electron chi connectivity index (χ3n) is 1.97. The fourth-order valence-corrected chi connectivity index (χ4v) is 1.71. The van der Waals surface area contributed by atoms with Crippen molar-refractivity contribution in [1.82, 2.24) is 0 Å². The molecule has 0 unspecified atom stereocenters. The van der Waals surface area contributed by atoms with Crippen molar-refractivity contribution >= 4 is 33.5 Å². The first kappa shape index (κ1) is 12.7. The Hall–Kier alpha value is -1.36. The maximum absolute atomic E-state index is 11.6. The molecule has 0 aliphatic heterocycles. The van der Waals surface area contributed by atoms with E-state index >= 15 is 0 Å². The number of likely N-dealkylation sites (N-methyl/N-ethyl adjacent to an activating group) is 1. The SMILES string of the molecule is CCOC(=O)C(=O)N(C)c1ccccc1Br. The van der Waals surface area contributed by atoms with E-state index in [1.54, 1.807) is 25.1 Å². The van der Waals surface area contributed by atoms with Gasteiger partial charge in [0.2, 0.25) is 0 Å². The summed E-state index contributed by atoms with van der Waals surface area (Å²) in [6.07, 6.45) is 0. The maximum Gasteiger partial charge on any atom is 0.397 e. The fourth-order valence-electron chi connectivity index (χ4n) is 1.16. The van der Waals surface area contributed by atoms with Crippen LogP contribution in [-0.4, -0.2) is 25.5 Å². The van der Waals surface area contributed by atoms with Crippen molar-refractivity contribution in [3.8, 4) is 0 Å². The average Bonchev–Trinajstić information content (AvgIpc) is 2.28. The molecule has 1 rings (SSSR count). The van der Waals surface area contributed by atoms with Gasteiger partial charge in [0.1, 0.15) is 0 Å². The number of hydrogen-bond donors (Lipinski definition) is 0. The lowest BCUT2D eigenvalue weighted by atomic mass is 10.3. The van der Waals surface area contributed by atoms with Gasteiger partial charge < -0.3 is 9.64 Å². The molecule has 0 radical (unpaired) electrons. The Morgan fingerprint density at radius 2 is 2.00 bits per heavy atom. The van der Waals surface area contributed by atoms with E-state index in [-0.39, 0.29) is 6.61 Å². The Morgan fingerprint density at radius 3 is 2.56 bits per heavy atom. The molecule has 86 valence electrons. The number of halogens is 1. The third-order valence-corrected chi connectivity index (χ3v) is 2.64. The Bertz CT molecular complexity index is 406. The summed E-state index contributed by atoms with van der Waals surface area (Å²) in [5, 5.41) is 0. The van der Waals surface area contributed by atoms with Crippen molar-refractivity contribution in [1.29, 1.82) is 0 Å². The minimum atomic E-state index is -0.847. The Morgan fingerprint density at radius 1 is 1.38 bits per heavy atom. The second-order valence-corrected chi connectivity index (χ2v) is 3.89. The first-order valence-electron chi connectivity index (χ1n) is 4.77. The van der Waals surface area contributed by atoms with Gasteiger partial charge in [0.25, 0.3) is 0 Å². The number of ether oxygens (including phenoxy) is 1. The summed E-state index contributed by atoms with van der Waals surface area (Å²) in [7, 11) is 1.53. The number of benzene rings is 1. The van der Waals surface area contributed by atoms with Crippen LogP contribution >= 0.6 is 15.9 Å². The van der Waals surface area contributed by atoms with Crippen LogP contribution in [0.2, 0.25) is 0 Å². The van der Waals surface area contributed by atoms with E-state index in [4.69, 9.17) is 0 Å². The normalized spacial score (nSPS) is 9.69. The highest BCUT2D eigenvalue weighted by Crippen LogP contribution is 2.24. The first-order valence-corrected chi connectivity index (χ1v) is 5.56. The third kappa shape index (κ3) is 2.82. The quantitative estimate of drug-likeness (QED) is 0.617. The first-order chi connectivity index (χ1) is 7.57. The summed E-state index contributed by atoms with van der Waals surface area (Å²) in [5.74, 6) is -1.53. The van der Waals surface area contributed by atoms with Gasteiger partial charge in [-0.05, 0) is 35.0 Å². The number of anilines is 1. The lowest BCUT2D eigenvalue weighted by molar-refractivity contribution is -0.153. The molecule has 1 aromatic rings. The maximum atomic E-state index is 11.6. The molecule has 0 spiro atoms. The van der Waals surface area contributed by atoms with E-state index < -0.39 is 11.9 Å². The van der Waals surface area contributed by atoms with Gasteiger partial charge in [0.15, 0.2) is 0 Å². The second kappa shape index (κ2) is 5.65. The molecule has 0 aliphatic rings. The van der Waals surface area contributed by atoms with Crippen LogP contribution in [0.4, 0.5) is 5.69 Å². The van der Waals surface area contributed by atoms with Crippen molar-refractivity contribution in [3.63, 3.8) is 0 Å². The summed E-state index contributed by atoms with van der Waals surface area (Å²) in [4.78, 5) is 24.1. The molecule has 5 heteroatoms. The molecule has 0 atom stereocenters. The molecule has 1 amide bonds. The van der Waals surface area contributed by atoms with E-state index in [9.17, 15) is 9.59 Å². The molecule has 0 N–H and O–H groups in total. The summed E-state index contributed by atoms with van der Waals surface area (Å²) in [5.41, 5.74) is 0.626. The summed E-state index contributed by atoms with van der Waals surface area (Å²) >= 11 is 3.31. The molecule has 0 aliphatic carbocycles. The predicted octanol–water partition coefficient (Wildman–Crippen LogP) is 1.97. The van der Waals surface area contributed by atoms with Crippen LogP contribution in [0, 0.1) is 0 Å². The minimum absolute atomic E-state index is 0.189. The zero-order valence-electron chi connectivity index (χ0n) is 9.07. The number of amides is 1. The van der Waals surface area contributed by atoms with Crippen molar-refractivity contribution in [2.45, 2.75) is 6.92 Å². The largest absolute Gasteiger partial charge is 0.459 e. The second-order valence-electron chi connectivity index (χ2n) is 3.04. The van der Waals surface area contributed by atoms with Crippen molar-refractivity contribution in [3.05, 3.63) is 28.7 Å². The van der Waals surface area contributed by atoms with Gasteiger partial charge in [0.05, 0.1) is 12.3 Å². The van der Waals surface area contributed by atoms with E-state index in [0.29, 0.717) is 5.69 Å². The van der Waals surface area contributed by atoms with E-state index in [1.807, 2.05) is 6.07 Å². The van der Waals surface area contributed by atoms with Crippen molar-refractivity contribution in [2.75, 3.05) is 18.6 Å². The van der Waals surface area contributed by atoms with Crippen LogP contribution in [0.25, 0.3) is 0 Å². The predicted molar refractivity (Wildman–Crippen MR) is 64.2 cm³/mol. The van der Waals surface area contributed by atoms with E-state index in [2.05, 4.69) is 20.7 Å². The van der Waals surface area contributed by atoms with Crippen molar-refractivity contribution in [2.24, 2.45) is 0 Å². The summed E-state index contributed by atoms with van der Waals surface area (Å²) < 4.78 is 5.39. The van der Waals surface area contributed by atoms with Crippen LogP contribution in [0.1, 0.15) is 6.92 Å². The van der Waals surface area contributed by atoms with Gasteiger partial charge in [0, 0.05) is 11.5 Å². The fraction of sp³-hybridized carbons (Fsp3) is 0.273. The Kier molecular flexibility index (Phi) is 4.49. The van der Waals surface area contributed by atoms with Gasteiger partial charge in [-0.15, -0.1) is 0 Å². The van der Waals surface area contributed by atoms with Crippen LogP contribution in [0.3, 0.4) is 0 Å². The Labute approximate surface area is 102 Å². The molecule has 0 aromatic heterocycles. The van der Waals surface area contributed by atoms with Gasteiger partial charge in [-0.1, -0.05) is 12.1 Å². The molecule has 0 bridgehead atoms. The molecule has 0 fully saturated rings. The summed E-state index contributed by atoms with van der Waals surface area (Å²) in [6, 6.07) is 7.15. The van der Waals surface area contributed by atoms with Gasteiger partial charge in [-0.3, -0.25) is 4.79 Å². The van der Waals surface area contributed by atoms with Gasteiger partial charge in [-0.2, -0.15) is 0 Å². The van der Waals surface area contributed by atoms with Crippen LogP contribution in [-0.2, 0) is 14.3 Å². The highest BCUT2D eigenvalue weighted by molar-refractivity contribution is 9.10. The molecule has 0 saturated heterocycles. The van der Waals surface area contributed by atoms with Crippen LogP contribution in [0.5, 0.6) is 0 Å². The molecule has 0 heterocycles. The van der Waals surface area contributed by atoms with E-state index in [0.717, 1.165) is 4.47 Å². The molecule has 1 aromatic carbocycles. The zero-order chi connectivity index (χ0) is 12.1. The highest BCUT2D eigenvalue weighted by Gasteiger charge is 2.22. The highest BCUT2D eigenvalue weighted by atomic mass is 79.9. The van der Waals surface area contributed by atoms with Gasteiger partial charge >= 0.3 is 11.9 Å². The number of carbonyl (C=O) groups excluding carboxylic acids is 2. The monoisotopic (exact) mass is 285 g/mol. The topological polar surface area (TPSA) is 46.6 Å². The lowest BCUT2D eigenvalue weighted by Crippen LogP contribution is -2.34. The Balaban J connectivity index is 2.86. The van der Waals surface area contributed by atoms with Crippen LogP contribution < -0.4 is 4.90 Å². The van der Waals surface area contributed by atoms with Crippen LogP contribution in [0.15, 0.2) is 28.7 Å². The molecular weight excluding hydrogens is 274 g/mol. The summed E-state index contributed by atoms with van der Waals surface area (Å²) in [6.45, 7) is 1.85. The number of nitrogens with zero attached hydrogens (tertiary/aromatic N) is 1. The lowest BCUT2D eigenvalue weighted by Gasteiger charge is -2.17. The molecule has 0 saturated carbocycles. The molecule has 4 nitrogen and oxygen atoms in total. The number of esters is 1. The van der Waals surface area contributed by atoms with Crippen molar-refractivity contribution < 1.29 is 14.3 Å². The smallest absolute Gasteiger partial charge is 0.397 e. The molecule has 16 heavy (non-hydrogen) atoms. The number of hydrogen-bond acceptors (Lipinski definition) is 3.